The molecule has 1 saturated heterocycles. The second kappa shape index (κ2) is 6.10. The van der Waals surface area contributed by atoms with Crippen LogP contribution >= 0.6 is 0 Å². The molecule has 1 aliphatic rings. The van der Waals surface area contributed by atoms with Crippen molar-refractivity contribution in [3.8, 4) is 5.75 Å². The fraction of sp³-hybridized carbons (Fsp3) is 0.429. The summed E-state index contributed by atoms with van der Waals surface area (Å²) in [5.41, 5.74) is 0.882. The normalized spacial score (nSPS) is 17.8. The minimum atomic E-state index is -4.63. The van der Waals surface area contributed by atoms with Gasteiger partial charge in [0, 0.05) is 0 Å². The lowest BCUT2D eigenvalue weighted by Gasteiger charge is -2.19. The summed E-state index contributed by atoms with van der Waals surface area (Å²) < 4.78 is 39.8. The Morgan fingerprint density at radius 1 is 1.11 bits per heavy atom. The molecule has 1 aromatic rings. The largest absolute Gasteiger partial charge is 0.573 e. The Morgan fingerprint density at radius 3 is 2.32 bits per heavy atom. The van der Waals surface area contributed by atoms with Crippen LogP contribution in [0.1, 0.15) is 18.4 Å². The van der Waals surface area contributed by atoms with Gasteiger partial charge >= 0.3 is 6.36 Å². The number of halogens is 3. The summed E-state index contributed by atoms with van der Waals surface area (Å²) in [5.74, 6) is 0.360. The van der Waals surface area contributed by atoms with Gasteiger partial charge in [0.1, 0.15) is 5.75 Å². The van der Waals surface area contributed by atoms with Gasteiger partial charge in [0.2, 0.25) is 0 Å². The van der Waals surface area contributed by atoms with Gasteiger partial charge in [-0.25, -0.2) is 0 Å². The van der Waals surface area contributed by atoms with Crippen molar-refractivity contribution in [2.24, 2.45) is 5.92 Å². The Morgan fingerprint density at radius 2 is 1.74 bits per heavy atom. The van der Waals surface area contributed by atoms with Crippen LogP contribution in [0.25, 0.3) is 6.08 Å². The molecular weight excluding hydrogens is 255 g/mol. The molecule has 1 N–H and O–H groups in total. The van der Waals surface area contributed by atoms with Crippen LogP contribution in [0.5, 0.6) is 5.75 Å². The molecule has 1 aliphatic heterocycles. The highest BCUT2D eigenvalue weighted by molar-refractivity contribution is 5.50. The molecule has 0 unspecified atom stereocenters. The summed E-state index contributed by atoms with van der Waals surface area (Å²) in [6.45, 7) is 2.04. The zero-order valence-electron chi connectivity index (χ0n) is 10.4. The van der Waals surface area contributed by atoms with Crippen molar-refractivity contribution in [3.63, 3.8) is 0 Å². The van der Waals surface area contributed by atoms with Gasteiger partial charge in [-0.3, -0.25) is 0 Å². The quantitative estimate of drug-likeness (QED) is 0.907. The molecule has 0 amide bonds. The van der Waals surface area contributed by atoms with Crippen molar-refractivity contribution in [3.05, 3.63) is 35.9 Å². The van der Waals surface area contributed by atoms with Crippen molar-refractivity contribution in [1.82, 2.24) is 5.32 Å². The molecular formula is C14H16F3NO. The number of nitrogens with one attached hydrogen (secondary N) is 1. The molecule has 0 atom stereocenters. The lowest BCUT2D eigenvalue weighted by molar-refractivity contribution is -0.274. The molecule has 0 radical (unpaired) electrons. The molecule has 0 aliphatic carbocycles. The summed E-state index contributed by atoms with van der Waals surface area (Å²) in [4.78, 5) is 0. The summed E-state index contributed by atoms with van der Waals surface area (Å²) in [6.07, 6.45) is 1.65. The predicted octanol–water partition coefficient (Wildman–Crippen LogP) is 3.60. The minimum absolute atomic E-state index is 0.188. The highest BCUT2D eigenvalue weighted by atomic mass is 19.4. The van der Waals surface area contributed by atoms with E-state index in [2.05, 4.69) is 16.1 Å². The van der Waals surface area contributed by atoms with Crippen LogP contribution < -0.4 is 10.1 Å². The summed E-state index contributed by atoms with van der Waals surface area (Å²) >= 11 is 0. The van der Waals surface area contributed by atoms with Crippen LogP contribution in [0, 0.1) is 5.92 Å². The molecule has 2 nitrogen and oxygen atoms in total. The Bertz CT molecular complexity index is 419. The first-order chi connectivity index (χ1) is 9.03. The first-order valence-corrected chi connectivity index (χ1v) is 6.28. The fourth-order valence-corrected chi connectivity index (χ4v) is 2.06. The molecule has 0 bridgehead atoms. The van der Waals surface area contributed by atoms with Crippen LogP contribution in [0.2, 0.25) is 0 Å². The van der Waals surface area contributed by atoms with Crippen LogP contribution in [0.3, 0.4) is 0 Å². The number of alkyl halides is 3. The molecule has 0 spiro atoms. The van der Waals surface area contributed by atoms with E-state index in [-0.39, 0.29) is 5.75 Å². The van der Waals surface area contributed by atoms with Gasteiger partial charge in [0.25, 0.3) is 0 Å². The van der Waals surface area contributed by atoms with E-state index in [1.807, 2.05) is 6.08 Å². The van der Waals surface area contributed by atoms with Gasteiger partial charge in [-0.05, 0) is 49.5 Å². The first kappa shape index (κ1) is 13.9. The van der Waals surface area contributed by atoms with E-state index in [0.29, 0.717) is 5.92 Å². The first-order valence-electron chi connectivity index (χ1n) is 6.28. The van der Waals surface area contributed by atoms with Crippen molar-refractivity contribution >= 4 is 6.08 Å². The Hall–Kier alpha value is -1.49. The SMILES string of the molecule is FC(F)(F)Oc1ccc(/C=C/C2CCNCC2)cc1. The number of hydrogen-bond acceptors (Lipinski definition) is 2. The molecule has 0 aromatic heterocycles. The summed E-state index contributed by atoms with van der Waals surface area (Å²) in [7, 11) is 0. The molecule has 0 saturated carbocycles. The van der Waals surface area contributed by atoms with Gasteiger partial charge in [0.05, 0.1) is 0 Å². The second-order valence-corrected chi connectivity index (χ2v) is 4.56. The second-order valence-electron chi connectivity index (χ2n) is 4.56. The fourth-order valence-electron chi connectivity index (χ4n) is 2.06. The summed E-state index contributed by atoms with van der Waals surface area (Å²) in [5, 5.41) is 3.29. The highest BCUT2D eigenvalue weighted by Gasteiger charge is 2.30. The third kappa shape index (κ3) is 4.95. The van der Waals surface area contributed by atoms with Crippen molar-refractivity contribution in [1.29, 1.82) is 0 Å². The van der Waals surface area contributed by atoms with Gasteiger partial charge in [-0.15, -0.1) is 13.2 Å². The van der Waals surface area contributed by atoms with Crippen molar-refractivity contribution in [2.45, 2.75) is 19.2 Å². The standard InChI is InChI=1S/C14H16F3NO/c15-14(16,17)19-13-5-3-11(4-6-13)1-2-12-7-9-18-10-8-12/h1-6,12,18H,7-10H2/b2-1+. The molecule has 1 heterocycles. The molecule has 19 heavy (non-hydrogen) atoms. The maximum Gasteiger partial charge on any atom is 0.573 e. The topological polar surface area (TPSA) is 21.3 Å². The minimum Gasteiger partial charge on any atom is -0.406 e. The van der Waals surface area contributed by atoms with Gasteiger partial charge < -0.3 is 10.1 Å². The monoisotopic (exact) mass is 271 g/mol. The van der Waals surface area contributed by atoms with Crippen LogP contribution in [0.15, 0.2) is 30.3 Å². The van der Waals surface area contributed by atoms with E-state index in [1.54, 1.807) is 12.1 Å². The zero-order valence-corrected chi connectivity index (χ0v) is 10.4. The maximum atomic E-state index is 12.0. The number of piperidine rings is 1. The Kier molecular flexibility index (Phi) is 4.47. The van der Waals surface area contributed by atoms with E-state index < -0.39 is 6.36 Å². The van der Waals surface area contributed by atoms with E-state index in [4.69, 9.17) is 0 Å². The van der Waals surface area contributed by atoms with E-state index in [1.165, 1.54) is 12.1 Å². The lowest BCUT2D eigenvalue weighted by atomic mass is 9.97. The maximum absolute atomic E-state index is 12.0. The number of rotatable bonds is 3. The average Bonchev–Trinajstić information content (AvgIpc) is 2.37. The van der Waals surface area contributed by atoms with Crippen molar-refractivity contribution < 1.29 is 17.9 Å². The average molecular weight is 271 g/mol. The summed E-state index contributed by atoms with van der Waals surface area (Å²) in [6, 6.07) is 5.91. The zero-order chi connectivity index (χ0) is 13.7. The molecule has 1 aromatic carbocycles. The third-order valence-corrected chi connectivity index (χ3v) is 3.06. The number of benzene rings is 1. The molecule has 104 valence electrons. The van der Waals surface area contributed by atoms with E-state index in [9.17, 15) is 13.2 Å². The highest BCUT2D eigenvalue weighted by Crippen LogP contribution is 2.23. The van der Waals surface area contributed by atoms with E-state index >= 15 is 0 Å². The van der Waals surface area contributed by atoms with Gasteiger partial charge in [-0.2, -0.15) is 0 Å². The molecule has 2 rings (SSSR count). The van der Waals surface area contributed by atoms with Crippen LogP contribution in [-0.2, 0) is 0 Å². The third-order valence-electron chi connectivity index (χ3n) is 3.06. The molecule has 5 heteroatoms. The Balaban J connectivity index is 1.92. The Labute approximate surface area is 110 Å². The number of allylic oxidation sites excluding steroid dienone is 1. The number of hydrogen-bond donors (Lipinski definition) is 1. The van der Waals surface area contributed by atoms with E-state index in [0.717, 1.165) is 31.5 Å². The van der Waals surface area contributed by atoms with Gasteiger partial charge in [-0.1, -0.05) is 24.3 Å². The van der Waals surface area contributed by atoms with Crippen LogP contribution in [-0.4, -0.2) is 19.5 Å². The smallest absolute Gasteiger partial charge is 0.406 e. The number of ether oxygens (including phenoxy) is 1. The molecule has 1 fully saturated rings. The van der Waals surface area contributed by atoms with Crippen molar-refractivity contribution in [2.75, 3.05) is 13.1 Å². The lowest BCUT2D eigenvalue weighted by Crippen LogP contribution is -2.26. The van der Waals surface area contributed by atoms with Crippen LogP contribution in [0.4, 0.5) is 13.2 Å². The van der Waals surface area contributed by atoms with Gasteiger partial charge in [0.15, 0.2) is 0 Å². The predicted molar refractivity (Wildman–Crippen MR) is 67.8 cm³/mol.